The molecule has 32 heavy (non-hydrogen) atoms. The van der Waals surface area contributed by atoms with Gasteiger partial charge in [-0.25, -0.2) is 18.2 Å². The monoisotopic (exact) mass is 442 g/mol. The second-order valence-corrected chi connectivity index (χ2v) is 7.52. The highest BCUT2D eigenvalue weighted by Crippen LogP contribution is 2.33. The Morgan fingerprint density at radius 3 is 2.72 bits per heavy atom. The number of alkyl halides is 2. The predicted molar refractivity (Wildman–Crippen MR) is 116 cm³/mol. The molecule has 7 nitrogen and oxygen atoms in total. The number of nitrogen functional groups attached to an aromatic ring is 1. The van der Waals surface area contributed by atoms with Crippen LogP contribution in [0.3, 0.4) is 0 Å². The number of carbonyl (C=O) groups is 1. The number of pyridine rings is 2. The maximum absolute atomic E-state index is 14.2. The molecule has 3 aromatic rings. The summed E-state index contributed by atoms with van der Waals surface area (Å²) in [6.07, 6.45) is 2.50. The normalized spacial score (nSPS) is 17.8. The van der Waals surface area contributed by atoms with E-state index in [9.17, 15) is 18.0 Å². The molecular formula is C22H21F3N6O. The number of nitrogens with zero attached hydrogens (tertiary/aromatic N) is 3. The predicted octanol–water partition coefficient (Wildman–Crippen LogP) is 3.29. The van der Waals surface area contributed by atoms with Gasteiger partial charge in [-0.2, -0.15) is 0 Å². The summed E-state index contributed by atoms with van der Waals surface area (Å²) in [6, 6.07) is 9.32. The van der Waals surface area contributed by atoms with Gasteiger partial charge in [0.1, 0.15) is 5.82 Å². The fourth-order valence-corrected chi connectivity index (χ4v) is 3.56. The number of benzene rings is 1. The summed E-state index contributed by atoms with van der Waals surface area (Å²) in [7, 11) is 0. The van der Waals surface area contributed by atoms with Crippen LogP contribution in [0.15, 0.2) is 54.9 Å². The first-order valence-electron chi connectivity index (χ1n) is 9.91. The third-order valence-electron chi connectivity index (χ3n) is 5.35. The zero-order chi connectivity index (χ0) is 22.9. The summed E-state index contributed by atoms with van der Waals surface area (Å²) in [5.74, 6) is -4.07. The van der Waals surface area contributed by atoms with E-state index in [0.29, 0.717) is 11.4 Å². The first-order valence-corrected chi connectivity index (χ1v) is 9.91. The molecule has 1 aliphatic heterocycles. The van der Waals surface area contributed by atoms with Crippen molar-refractivity contribution < 1.29 is 18.0 Å². The Morgan fingerprint density at radius 1 is 1.19 bits per heavy atom. The van der Waals surface area contributed by atoms with Crippen LogP contribution in [-0.2, 0) is 0 Å². The summed E-state index contributed by atoms with van der Waals surface area (Å²) in [4.78, 5) is 22.9. The summed E-state index contributed by atoms with van der Waals surface area (Å²) >= 11 is 0. The number of nitrogens with one attached hydrogen (secondary N) is 1. The first kappa shape index (κ1) is 21.6. The minimum Gasteiger partial charge on any atom is -0.397 e. The summed E-state index contributed by atoms with van der Waals surface area (Å²) in [5.41, 5.74) is 12.9. The van der Waals surface area contributed by atoms with E-state index >= 15 is 0 Å². The zero-order valence-corrected chi connectivity index (χ0v) is 16.9. The molecule has 0 spiro atoms. The van der Waals surface area contributed by atoms with Gasteiger partial charge in [0.05, 0.1) is 35.0 Å². The Bertz CT molecular complexity index is 1160. The Hall–Kier alpha value is -3.66. The molecule has 0 saturated carbocycles. The lowest BCUT2D eigenvalue weighted by Gasteiger charge is -2.38. The van der Waals surface area contributed by atoms with Gasteiger partial charge in [-0.15, -0.1) is 0 Å². The highest BCUT2D eigenvalue weighted by atomic mass is 19.3. The van der Waals surface area contributed by atoms with E-state index in [2.05, 4.69) is 15.3 Å². The van der Waals surface area contributed by atoms with Crippen LogP contribution in [0.2, 0.25) is 0 Å². The quantitative estimate of drug-likeness (QED) is 0.572. The van der Waals surface area contributed by atoms with Crippen LogP contribution in [0.25, 0.3) is 11.3 Å². The molecule has 0 radical (unpaired) electrons. The van der Waals surface area contributed by atoms with Gasteiger partial charge in [0.15, 0.2) is 5.69 Å². The fraction of sp³-hybridized carbons (Fsp3) is 0.227. The van der Waals surface area contributed by atoms with Crippen molar-refractivity contribution in [3.05, 3.63) is 66.4 Å². The van der Waals surface area contributed by atoms with Crippen LogP contribution in [-0.4, -0.2) is 40.9 Å². The Labute approximate surface area is 182 Å². The van der Waals surface area contributed by atoms with Crippen LogP contribution in [0.4, 0.5) is 30.2 Å². The Morgan fingerprint density at radius 2 is 1.97 bits per heavy atom. The molecule has 1 aliphatic rings. The van der Waals surface area contributed by atoms with Crippen molar-refractivity contribution in [3.8, 4) is 11.3 Å². The topological polar surface area (TPSA) is 110 Å². The van der Waals surface area contributed by atoms with Crippen LogP contribution in [0, 0.1) is 5.82 Å². The molecule has 2 aromatic heterocycles. The Balaban J connectivity index is 1.61. The minimum atomic E-state index is -2.95. The van der Waals surface area contributed by atoms with Crippen molar-refractivity contribution in [2.45, 2.75) is 18.4 Å². The molecular weight excluding hydrogens is 421 g/mol. The molecule has 0 bridgehead atoms. The maximum Gasteiger partial charge on any atom is 0.276 e. The smallest absolute Gasteiger partial charge is 0.276 e. The van der Waals surface area contributed by atoms with Crippen molar-refractivity contribution >= 4 is 23.0 Å². The molecule has 1 atom stereocenters. The number of halogens is 3. The molecule has 4 rings (SSSR count). The Kier molecular flexibility index (Phi) is 5.70. The SMILES string of the molecule is Nc1ccc(-c2ccccc2F)nc1C(=O)Nc1cnccc1N1CCC(F)(F)C(N)C1. The van der Waals surface area contributed by atoms with Crippen LogP contribution in [0.5, 0.6) is 0 Å². The van der Waals surface area contributed by atoms with Gasteiger partial charge in [0.25, 0.3) is 11.8 Å². The minimum absolute atomic E-state index is 0.0662. The van der Waals surface area contributed by atoms with Crippen molar-refractivity contribution in [2.75, 3.05) is 29.0 Å². The van der Waals surface area contributed by atoms with E-state index in [-0.39, 0.29) is 35.7 Å². The molecule has 5 N–H and O–H groups in total. The molecule has 1 unspecified atom stereocenters. The number of piperidine rings is 1. The second kappa shape index (κ2) is 8.46. The van der Waals surface area contributed by atoms with E-state index < -0.39 is 30.1 Å². The average Bonchev–Trinajstić information content (AvgIpc) is 2.77. The maximum atomic E-state index is 14.2. The van der Waals surface area contributed by atoms with Crippen LogP contribution < -0.4 is 21.7 Å². The zero-order valence-electron chi connectivity index (χ0n) is 16.9. The van der Waals surface area contributed by atoms with Gasteiger partial charge in [-0.1, -0.05) is 12.1 Å². The lowest BCUT2D eigenvalue weighted by atomic mass is 10.0. The summed E-state index contributed by atoms with van der Waals surface area (Å²) < 4.78 is 41.7. The van der Waals surface area contributed by atoms with Crippen molar-refractivity contribution in [1.29, 1.82) is 0 Å². The fourth-order valence-electron chi connectivity index (χ4n) is 3.56. The van der Waals surface area contributed by atoms with Gasteiger partial charge in [-0.3, -0.25) is 9.78 Å². The lowest BCUT2D eigenvalue weighted by molar-refractivity contribution is -0.0393. The molecule has 0 aliphatic carbocycles. The molecule has 1 fully saturated rings. The van der Waals surface area contributed by atoms with Gasteiger partial charge >= 0.3 is 0 Å². The third-order valence-corrected chi connectivity index (χ3v) is 5.35. The number of amides is 1. The van der Waals surface area contributed by atoms with E-state index in [4.69, 9.17) is 11.5 Å². The summed E-state index contributed by atoms with van der Waals surface area (Å²) in [5, 5.41) is 2.69. The highest BCUT2D eigenvalue weighted by Gasteiger charge is 2.42. The highest BCUT2D eigenvalue weighted by molar-refractivity contribution is 6.07. The van der Waals surface area contributed by atoms with Gasteiger partial charge in [-0.05, 0) is 30.3 Å². The molecule has 3 heterocycles. The molecule has 1 amide bonds. The number of anilines is 3. The number of aromatic nitrogens is 2. The van der Waals surface area contributed by atoms with Gasteiger partial charge in [0, 0.05) is 31.3 Å². The van der Waals surface area contributed by atoms with E-state index in [1.165, 1.54) is 30.6 Å². The third kappa shape index (κ3) is 4.22. The number of rotatable bonds is 4. The van der Waals surface area contributed by atoms with Gasteiger partial charge < -0.3 is 21.7 Å². The van der Waals surface area contributed by atoms with Crippen LogP contribution >= 0.6 is 0 Å². The molecule has 1 saturated heterocycles. The van der Waals surface area contributed by atoms with Crippen LogP contribution in [0.1, 0.15) is 16.9 Å². The molecule has 10 heteroatoms. The van der Waals surface area contributed by atoms with Crippen molar-refractivity contribution in [1.82, 2.24) is 9.97 Å². The molecule has 166 valence electrons. The summed E-state index contributed by atoms with van der Waals surface area (Å²) in [6.45, 7) is -0.0141. The number of hydrogen-bond donors (Lipinski definition) is 3. The number of nitrogens with two attached hydrogens (primary N) is 2. The molecule has 1 aromatic carbocycles. The van der Waals surface area contributed by atoms with Gasteiger partial charge in [0.2, 0.25) is 0 Å². The van der Waals surface area contributed by atoms with E-state index in [1.54, 1.807) is 29.2 Å². The van der Waals surface area contributed by atoms with Crippen molar-refractivity contribution in [2.24, 2.45) is 5.73 Å². The lowest BCUT2D eigenvalue weighted by Crippen LogP contribution is -2.55. The standard InChI is InChI=1S/C22H21F3N6O/c23-14-4-2-1-3-13(14)16-6-5-15(26)20(29-16)21(32)30-17-11-28-9-7-18(17)31-10-8-22(24,25)19(27)12-31/h1-7,9,11,19H,8,10,12,26-27H2,(H,30,32). The largest absolute Gasteiger partial charge is 0.397 e. The number of hydrogen-bond acceptors (Lipinski definition) is 6. The number of carbonyl (C=O) groups excluding carboxylic acids is 1. The van der Waals surface area contributed by atoms with E-state index in [1.807, 2.05) is 0 Å². The van der Waals surface area contributed by atoms with E-state index in [0.717, 1.165) is 0 Å². The van der Waals surface area contributed by atoms with Crippen molar-refractivity contribution in [3.63, 3.8) is 0 Å². The average molecular weight is 442 g/mol. The second-order valence-electron chi connectivity index (χ2n) is 7.52. The first-order chi connectivity index (χ1) is 15.3.